The third-order valence-electron chi connectivity index (χ3n) is 2.37. The number of esters is 1. The Morgan fingerprint density at radius 1 is 1.48 bits per heavy atom. The molecule has 1 amide bonds. The van der Waals surface area contributed by atoms with Gasteiger partial charge in [0.25, 0.3) is 5.56 Å². The van der Waals surface area contributed by atoms with E-state index in [2.05, 4.69) is 20.0 Å². The van der Waals surface area contributed by atoms with Crippen LogP contribution in [0, 0.1) is 5.92 Å². The largest absolute Gasteiger partial charge is 0.469 e. The van der Waals surface area contributed by atoms with Crippen molar-refractivity contribution in [1.29, 1.82) is 0 Å². The number of aromatic amines is 1. The predicted octanol–water partition coefficient (Wildman–Crippen LogP) is 0.350. The van der Waals surface area contributed by atoms with Gasteiger partial charge < -0.3 is 15.0 Å². The summed E-state index contributed by atoms with van der Waals surface area (Å²) in [5, 5.41) is 3.08. The zero-order chi connectivity index (χ0) is 15.8. The van der Waals surface area contributed by atoms with Gasteiger partial charge in [0.05, 0.1) is 25.0 Å². The minimum atomic E-state index is -0.473. The predicted molar refractivity (Wildman–Crippen MR) is 79.1 cm³/mol. The summed E-state index contributed by atoms with van der Waals surface area (Å²) in [6, 6.07) is 1.24. The van der Waals surface area contributed by atoms with Crippen LogP contribution in [-0.4, -0.2) is 41.3 Å². The standard InChI is InChI=1S/C13H19N3O4S/c1-8(2)6-14-11(18)7-21-13-15-9(4-10(17)16-13)5-12(19)20-3/h4,8H,5-7H2,1-3H3,(H,14,18)(H,15,16,17). The summed E-state index contributed by atoms with van der Waals surface area (Å²) in [4.78, 5) is 40.9. The Hall–Kier alpha value is -1.83. The van der Waals surface area contributed by atoms with Gasteiger partial charge in [-0.15, -0.1) is 0 Å². The number of hydrogen-bond donors (Lipinski definition) is 2. The Labute approximate surface area is 126 Å². The zero-order valence-electron chi connectivity index (χ0n) is 12.3. The third-order valence-corrected chi connectivity index (χ3v) is 3.25. The van der Waals surface area contributed by atoms with E-state index in [-0.39, 0.29) is 23.6 Å². The lowest BCUT2D eigenvalue weighted by molar-refractivity contribution is -0.139. The number of rotatable bonds is 7. The summed E-state index contributed by atoms with van der Waals surface area (Å²) in [5.41, 5.74) is -0.0512. The number of aromatic nitrogens is 2. The van der Waals surface area contributed by atoms with E-state index in [1.807, 2.05) is 13.8 Å². The molecule has 1 aromatic heterocycles. The van der Waals surface area contributed by atoms with Gasteiger partial charge in [-0.2, -0.15) is 0 Å². The van der Waals surface area contributed by atoms with E-state index in [1.54, 1.807) is 0 Å². The molecule has 1 heterocycles. The highest BCUT2D eigenvalue weighted by Crippen LogP contribution is 2.11. The van der Waals surface area contributed by atoms with Crippen molar-refractivity contribution in [3.05, 3.63) is 22.1 Å². The Balaban J connectivity index is 2.60. The number of nitrogens with one attached hydrogen (secondary N) is 2. The van der Waals surface area contributed by atoms with Crippen molar-refractivity contribution in [2.75, 3.05) is 19.4 Å². The van der Waals surface area contributed by atoms with Crippen molar-refractivity contribution in [3.63, 3.8) is 0 Å². The van der Waals surface area contributed by atoms with E-state index in [9.17, 15) is 14.4 Å². The first-order valence-corrected chi connectivity index (χ1v) is 7.45. The first-order valence-electron chi connectivity index (χ1n) is 6.47. The fourth-order valence-corrected chi connectivity index (χ4v) is 2.09. The van der Waals surface area contributed by atoms with Crippen molar-refractivity contribution in [1.82, 2.24) is 15.3 Å². The van der Waals surface area contributed by atoms with Gasteiger partial charge in [0.1, 0.15) is 0 Å². The molecule has 0 saturated heterocycles. The van der Waals surface area contributed by atoms with Gasteiger partial charge in [-0.05, 0) is 5.92 Å². The van der Waals surface area contributed by atoms with Crippen molar-refractivity contribution in [3.8, 4) is 0 Å². The minimum absolute atomic E-state index is 0.0759. The lowest BCUT2D eigenvalue weighted by Gasteiger charge is -2.07. The van der Waals surface area contributed by atoms with E-state index in [0.717, 1.165) is 11.8 Å². The first kappa shape index (κ1) is 17.2. The van der Waals surface area contributed by atoms with Gasteiger partial charge in [0, 0.05) is 12.6 Å². The molecule has 0 saturated carbocycles. The first-order chi connectivity index (χ1) is 9.90. The number of nitrogens with zero attached hydrogens (tertiary/aromatic N) is 1. The van der Waals surface area contributed by atoms with Gasteiger partial charge in [0.2, 0.25) is 5.91 Å². The molecule has 0 aliphatic heterocycles. The Bertz CT molecular complexity index is 557. The van der Waals surface area contributed by atoms with Crippen LogP contribution in [0.1, 0.15) is 19.5 Å². The Morgan fingerprint density at radius 2 is 2.19 bits per heavy atom. The van der Waals surface area contributed by atoms with E-state index < -0.39 is 5.97 Å². The molecule has 0 aromatic carbocycles. The number of hydrogen-bond acceptors (Lipinski definition) is 6. The molecule has 8 heteroatoms. The van der Waals surface area contributed by atoms with E-state index >= 15 is 0 Å². The second-order valence-electron chi connectivity index (χ2n) is 4.78. The van der Waals surface area contributed by atoms with Crippen LogP contribution in [-0.2, 0) is 20.7 Å². The molecule has 0 fully saturated rings. The number of methoxy groups -OCH3 is 1. The van der Waals surface area contributed by atoms with Gasteiger partial charge in [-0.1, -0.05) is 25.6 Å². The average molecular weight is 313 g/mol. The van der Waals surface area contributed by atoms with Crippen LogP contribution >= 0.6 is 11.8 Å². The molecule has 0 aliphatic carbocycles. The van der Waals surface area contributed by atoms with Crippen molar-refractivity contribution in [2.24, 2.45) is 5.92 Å². The number of carbonyl (C=O) groups excluding carboxylic acids is 2. The van der Waals surface area contributed by atoms with Crippen molar-refractivity contribution in [2.45, 2.75) is 25.4 Å². The average Bonchev–Trinajstić information content (AvgIpc) is 2.42. The molecule has 116 valence electrons. The maximum Gasteiger partial charge on any atom is 0.311 e. The maximum atomic E-state index is 11.6. The van der Waals surface area contributed by atoms with Crippen LogP contribution in [0.2, 0.25) is 0 Å². The van der Waals surface area contributed by atoms with E-state index in [4.69, 9.17) is 0 Å². The summed E-state index contributed by atoms with van der Waals surface area (Å²) in [6.07, 6.45) is -0.0759. The molecule has 1 rings (SSSR count). The number of carbonyl (C=O) groups is 2. The number of H-pyrrole nitrogens is 1. The summed E-state index contributed by atoms with van der Waals surface area (Å²) in [7, 11) is 1.27. The topological polar surface area (TPSA) is 101 Å². The van der Waals surface area contributed by atoms with Gasteiger partial charge >= 0.3 is 5.97 Å². The van der Waals surface area contributed by atoms with Crippen LogP contribution in [0.4, 0.5) is 0 Å². The second-order valence-corrected chi connectivity index (χ2v) is 5.75. The summed E-state index contributed by atoms with van der Waals surface area (Å²) in [6.45, 7) is 4.61. The fourth-order valence-electron chi connectivity index (χ4n) is 1.37. The lowest BCUT2D eigenvalue weighted by atomic mass is 10.2. The normalized spacial score (nSPS) is 10.5. The monoisotopic (exact) mass is 313 g/mol. The van der Waals surface area contributed by atoms with Gasteiger partial charge in [0.15, 0.2) is 5.16 Å². The molecule has 21 heavy (non-hydrogen) atoms. The zero-order valence-corrected chi connectivity index (χ0v) is 13.1. The lowest BCUT2D eigenvalue weighted by Crippen LogP contribution is -2.29. The van der Waals surface area contributed by atoms with Gasteiger partial charge in [-0.25, -0.2) is 4.98 Å². The van der Waals surface area contributed by atoms with E-state index in [0.29, 0.717) is 23.3 Å². The quantitative estimate of drug-likeness (QED) is 0.428. The number of amides is 1. The SMILES string of the molecule is COC(=O)Cc1cc(=O)[nH]c(SCC(=O)NCC(C)C)n1. The number of ether oxygens (including phenoxy) is 1. The molecule has 7 nitrogen and oxygen atoms in total. The minimum Gasteiger partial charge on any atom is -0.469 e. The Kier molecular flexibility index (Phi) is 6.93. The van der Waals surface area contributed by atoms with Crippen LogP contribution < -0.4 is 10.9 Å². The molecule has 0 bridgehead atoms. The smallest absolute Gasteiger partial charge is 0.311 e. The van der Waals surface area contributed by atoms with Crippen LogP contribution in [0.25, 0.3) is 0 Å². The van der Waals surface area contributed by atoms with Crippen LogP contribution in [0.5, 0.6) is 0 Å². The molecule has 0 spiro atoms. The highest BCUT2D eigenvalue weighted by Gasteiger charge is 2.09. The summed E-state index contributed by atoms with van der Waals surface area (Å²) < 4.78 is 4.52. The molecule has 1 aromatic rings. The van der Waals surface area contributed by atoms with Crippen LogP contribution in [0.3, 0.4) is 0 Å². The highest BCUT2D eigenvalue weighted by molar-refractivity contribution is 7.99. The van der Waals surface area contributed by atoms with Crippen LogP contribution in [0.15, 0.2) is 16.0 Å². The molecular formula is C13H19N3O4S. The molecule has 2 N–H and O–H groups in total. The third kappa shape index (κ3) is 6.94. The number of thioether (sulfide) groups is 1. The van der Waals surface area contributed by atoms with E-state index in [1.165, 1.54) is 13.2 Å². The molecular weight excluding hydrogens is 294 g/mol. The van der Waals surface area contributed by atoms with Crippen molar-refractivity contribution >= 4 is 23.6 Å². The molecule has 0 atom stereocenters. The molecule has 0 aliphatic rings. The van der Waals surface area contributed by atoms with Crippen molar-refractivity contribution < 1.29 is 14.3 Å². The maximum absolute atomic E-state index is 11.6. The van der Waals surface area contributed by atoms with Gasteiger partial charge in [-0.3, -0.25) is 14.4 Å². The second kappa shape index (κ2) is 8.46. The summed E-state index contributed by atoms with van der Waals surface area (Å²) >= 11 is 1.11. The molecule has 0 radical (unpaired) electrons. The molecule has 0 unspecified atom stereocenters. The highest BCUT2D eigenvalue weighted by atomic mass is 32.2. The Morgan fingerprint density at radius 3 is 2.81 bits per heavy atom. The fraction of sp³-hybridized carbons (Fsp3) is 0.538. The summed E-state index contributed by atoms with van der Waals surface area (Å²) in [5.74, 6) is -0.0779.